The minimum absolute atomic E-state index is 0.549. The molecule has 0 aliphatic carbocycles. The number of nitrogen functional groups attached to an aromatic ring is 1. The third kappa shape index (κ3) is 2.53. The molecule has 3 nitrogen and oxygen atoms in total. The van der Waals surface area contributed by atoms with Gasteiger partial charge in [-0.05, 0) is 55.0 Å². The Balaban J connectivity index is 1.96. The zero-order valence-electron chi connectivity index (χ0n) is 10.9. The zero-order chi connectivity index (χ0) is 14.1. The predicted octanol–water partition coefficient (Wildman–Crippen LogP) is 4.57. The number of hydrogen-bond donors (Lipinski definition) is 1. The van der Waals surface area contributed by atoms with E-state index in [1.54, 1.807) is 6.07 Å². The van der Waals surface area contributed by atoms with Crippen LogP contribution in [-0.2, 0) is 0 Å². The van der Waals surface area contributed by atoms with Crippen LogP contribution in [0, 0.1) is 6.92 Å². The van der Waals surface area contributed by atoms with Crippen molar-refractivity contribution in [3.8, 4) is 11.6 Å². The van der Waals surface area contributed by atoms with Crippen molar-refractivity contribution in [2.75, 3.05) is 5.73 Å². The number of fused-ring (bicyclic) bond motifs is 1. The highest BCUT2D eigenvalue weighted by molar-refractivity contribution is 6.30. The fourth-order valence-electron chi connectivity index (χ4n) is 2.02. The molecule has 0 fully saturated rings. The van der Waals surface area contributed by atoms with Crippen molar-refractivity contribution in [3.63, 3.8) is 0 Å². The SMILES string of the molecule is Cc1cc(Cl)ccc1Oc1ccc2cc(N)ccc2n1. The third-order valence-corrected chi connectivity index (χ3v) is 3.27. The van der Waals surface area contributed by atoms with Crippen LogP contribution in [0.25, 0.3) is 10.9 Å². The summed E-state index contributed by atoms with van der Waals surface area (Å²) in [6, 6.07) is 14.9. The van der Waals surface area contributed by atoms with E-state index >= 15 is 0 Å². The maximum absolute atomic E-state index is 5.93. The number of ether oxygens (including phenoxy) is 1. The van der Waals surface area contributed by atoms with Gasteiger partial charge in [0.2, 0.25) is 5.88 Å². The van der Waals surface area contributed by atoms with Gasteiger partial charge in [0.15, 0.2) is 0 Å². The van der Waals surface area contributed by atoms with Gasteiger partial charge in [0.05, 0.1) is 5.52 Å². The quantitative estimate of drug-likeness (QED) is 0.701. The molecule has 0 saturated heterocycles. The number of hydrogen-bond acceptors (Lipinski definition) is 3. The predicted molar refractivity (Wildman–Crippen MR) is 82.4 cm³/mol. The van der Waals surface area contributed by atoms with Gasteiger partial charge in [-0.2, -0.15) is 0 Å². The highest BCUT2D eigenvalue weighted by Crippen LogP contribution is 2.27. The molecule has 100 valence electrons. The van der Waals surface area contributed by atoms with Crippen molar-refractivity contribution in [2.24, 2.45) is 0 Å². The number of aromatic nitrogens is 1. The van der Waals surface area contributed by atoms with Gasteiger partial charge in [0.25, 0.3) is 0 Å². The number of nitrogens with two attached hydrogens (primary N) is 1. The molecule has 2 aromatic carbocycles. The summed E-state index contributed by atoms with van der Waals surface area (Å²) >= 11 is 5.93. The summed E-state index contributed by atoms with van der Waals surface area (Å²) in [6.45, 7) is 1.95. The van der Waals surface area contributed by atoms with Crippen LogP contribution in [-0.4, -0.2) is 4.98 Å². The molecule has 0 atom stereocenters. The average Bonchev–Trinajstić information content (AvgIpc) is 2.42. The molecule has 3 rings (SSSR count). The van der Waals surface area contributed by atoms with E-state index in [1.807, 2.05) is 49.4 Å². The lowest BCUT2D eigenvalue weighted by atomic mass is 10.2. The molecule has 20 heavy (non-hydrogen) atoms. The first kappa shape index (κ1) is 12.8. The Bertz CT molecular complexity index is 787. The first-order valence-corrected chi connectivity index (χ1v) is 6.60. The number of benzene rings is 2. The van der Waals surface area contributed by atoms with Crippen molar-refractivity contribution < 1.29 is 4.74 Å². The summed E-state index contributed by atoms with van der Waals surface area (Å²) in [5, 5.41) is 1.68. The van der Waals surface area contributed by atoms with E-state index < -0.39 is 0 Å². The second-order valence-electron chi connectivity index (χ2n) is 4.61. The topological polar surface area (TPSA) is 48.1 Å². The van der Waals surface area contributed by atoms with Crippen LogP contribution < -0.4 is 10.5 Å². The molecule has 1 heterocycles. The lowest BCUT2D eigenvalue weighted by molar-refractivity contribution is 0.461. The molecule has 0 spiro atoms. The minimum Gasteiger partial charge on any atom is -0.439 e. The van der Waals surface area contributed by atoms with Gasteiger partial charge >= 0.3 is 0 Å². The summed E-state index contributed by atoms with van der Waals surface area (Å²) in [6.07, 6.45) is 0. The lowest BCUT2D eigenvalue weighted by Gasteiger charge is -2.09. The monoisotopic (exact) mass is 284 g/mol. The molecule has 0 saturated carbocycles. The van der Waals surface area contributed by atoms with Crippen LogP contribution in [0.1, 0.15) is 5.56 Å². The van der Waals surface area contributed by atoms with Gasteiger partial charge in [0, 0.05) is 22.2 Å². The molecule has 2 N–H and O–H groups in total. The van der Waals surface area contributed by atoms with Crippen LogP contribution in [0.4, 0.5) is 5.69 Å². The molecular weight excluding hydrogens is 272 g/mol. The molecule has 0 unspecified atom stereocenters. The average molecular weight is 285 g/mol. The van der Waals surface area contributed by atoms with Crippen molar-refractivity contribution in [1.29, 1.82) is 0 Å². The number of nitrogens with zero attached hydrogens (tertiary/aromatic N) is 1. The van der Waals surface area contributed by atoms with Gasteiger partial charge in [-0.1, -0.05) is 11.6 Å². The summed E-state index contributed by atoms with van der Waals surface area (Å²) in [5.41, 5.74) is 8.29. The van der Waals surface area contributed by atoms with Crippen LogP contribution in [0.3, 0.4) is 0 Å². The Hall–Kier alpha value is -2.26. The smallest absolute Gasteiger partial charge is 0.219 e. The van der Waals surface area contributed by atoms with Gasteiger partial charge in [-0.3, -0.25) is 0 Å². The Morgan fingerprint density at radius 3 is 2.70 bits per heavy atom. The van der Waals surface area contributed by atoms with Crippen molar-refractivity contribution in [3.05, 3.63) is 59.1 Å². The standard InChI is InChI=1S/C16H13ClN2O/c1-10-8-12(17)3-6-15(10)20-16-7-2-11-9-13(18)4-5-14(11)19-16/h2-9H,18H2,1H3. The molecule has 1 aromatic heterocycles. The summed E-state index contributed by atoms with van der Waals surface area (Å²) in [4.78, 5) is 4.46. The Morgan fingerprint density at radius 2 is 1.90 bits per heavy atom. The maximum atomic E-state index is 5.93. The van der Waals surface area contributed by atoms with E-state index in [9.17, 15) is 0 Å². The summed E-state index contributed by atoms with van der Waals surface area (Å²) < 4.78 is 5.80. The van der Waals surface area contributed by atoms with E-state index in [1.165, 1.54) is 0 Å². The lowest BCUT2D eigenvalue weighted by Crippen LogP contribution is -1.91. The van der Waals surface area contributed by atoms with Crippen molar-refractivity contribution >= 4 is 28.2 Å². The number of halogens is 1. The fraction of sp³-hybridized carbons (Fsp3) is 0.0625. The first-order valence-electron chi connectivity index (χ1n) is 6.22. The van der Waals surface area contributed by atoms with E-state index in [0.717, 1.165) is 27.9 Å². The van der Waals surface area contributed by atoms with Crippen molar-refractivity contribution in [2.45, 2.75) is 6.92 Å². The van der Waals surface area contributed by atoms with Gasteiger partial charge < -0.3 is 10.5 Å². The fourth-order valence-corrected chi connectivity index (χ4v) is 2.25. The zero-order valence-corrected chi connectivity index (χ0v) is 11.7. The van der Waals surface area contributed by atoms with E-state index in [0.29, 0.717) is 10.9 Å². The Morgan fingerprint density at radius 1 is 1.05 bits per heavy atom. The van der Waals surface area contributed by atoms with Crippen LogP contribution in [0.5, 0.6) is 11.6 Å². The highest BCUT2D eigenvalue weighted by atomic mass is 35.5. The minimum atomic E-state index is 0.549. The second-order valence-corrected chi connectivity index (χ2v) is 5.05. The molecule has 0 aliphatic rings. The maximum Gasteiger partial charge on any atom is 0.219 e. The van der Waals surface area contributed by atoms with Gasteiger partial charge in [0.1, 0.15) is 5.75 Å². The molecule has 4 heteroatoms. The van der Waals surface area contributed by atoms with Crippen molar-refractivity contribution in [1.82, 2.24) is 4.98 Å². The summed E-state index contributed by atoms with van der Waals surface area (Å²) in [5.74, 6) is 1.30. The molecule has 0 aliphatic heterocycles. The van der Waals surface area contributed by atoms with Crippen LogP contribution >= 0.6 is 11.6 Å². The van der Waals surface area contributed by atoms with Crippen LogP contribution in [0.2, 0.25) is 5.02 Å². The number of rotatable bonds is 2. The van der Waals surface area contributed by atoms with E-state index in [2.05, 4.69) is 4.98 Å². The Kier molecular flexibility index (Phi) is 3.20. The largest absolute Gasteiger partial charge is 0.439 e. The Labute approximate surface area is 122 Å². The molecule has 0 bridgehead atoms. The molecule has 3 aromatic rings. The number of pyridine rings is 1. The molecule has 0 radical (unpaired) electrons. The second kappa shape index (κ2) is 5.02. The van der Waals surface area contributed by atoms with Crippen LogP contribution in [0.15, 0.2) is 48.5 Å². The number of anilines is 1. The van der Waals surface area contributed by atoms with Gasteiger partial charge in [-0.15, -0.1) is 0 Å². The normalized spacial score (nSPS) is 10.7. The van der Waals surface area contributed by atoms with Gasteiger partial charge in [-0.25, -0.2) is 4.98 Å². The highest BCUT2D eigenvalue weighted by Gasteiger charge is 2.04. The first-order chi connectivity index (χ1) is 9.61. The molecular formula is C16H13ClN2O. The van der Waals surface area contributed by atoms with E-state index in [-0.39, 0.29) is 0 Å². The third-order valence-electron chi connectivity index (χ3n) is 3.04. The number of aryl methyl sites for hydroxylation is 1. The van der Waals surface area contributed by atoms with E-state index in [4.69, 9.17) is 22.1 Å². The molecule has 0 amide bonds. The summed E-state index contributed by atoms with van der Waals surface area (Å²) in [7, 11) is 0.